The predicted octanol–water partition coefficient (Wildman–Crippen LogP) is 5.53. The Balaban J connectivity index is 1.36. The minimum Gasteiger partial charge on any atom is -0.497 e. The highest BCUT2D eigenvalue weighted by Crippen LogP contribution is 2.34. The number of rotatable bonds is 14. The molecule has 0 aliphatic rings. The Kier molecular flexibility index (Phi) is 11.6. The van der Waals surface area contributed by atoms with Gasteiger partial charge in [-0.15, -0.1) is 0 Å². The number of hydrogen-bond donors (Lipinski definition) is 0. The van der Waals surface area contributed by atoms with Crippen LogP contribution in [-0.4, -0.2) is 81.6 Å². The van der Waals surface area contributed by atoms with Gasteiger partial charge < -0.3 is 18.9 Å². The molecule has 20 heteroatoms. The molecule has 0 radical (unpaired) electrons. The van der Waals surface area contributed by atoms with E-state index in [1.807, 2.05) is 13.8 Å². The molecule has 0 bridgehead atoms. The van der Waals surface area contributed by atoms with E-state index < -0.39 is 51.4 Å². The molecule has 16 nitrogen and oxygen atoms in total. The first-order valence-corrected chi connectivity index (χ1v) is 23.6. The van der Waals surface area contributed by atoms with Gasteiger partial charge in [-0.1, -0.05) is 6.07 Å². The SMILES string of the molecule is COc1ccc2c(c1)nc(S(=O)Cc1ncc(C)c(OC)c1C)n2S(=O)(=O)c1cccc(S(=O)(=O)n2c(S(=O)Cc3ncc(C)c(OC)c3C)nc3ccc(OC)cc32)c1. The largest absolute Gasteiger partial charge is 0.497 e. The summed E-state index contributed by atoms with van der Waals surface area (Å²) in [7, 11) is -7.83. The maximum absolute atomic E-state index is 14.9. The highest BCUT2D eigenvalue weighted by Gasteiger charge is 2.33. The zero-order valence-electron chi connectivity index (χ0n) is 33.7. The number of fused-ring (bicyclic) bond motifs is 2. The van der Waals surface area contributed by atoms with Crippen molar-refractivity contribution in [3.63, 3.8) is 0 Å². The zero-order chi connectivity index (χ0) is 43.3. The van der Waals surface area contributed by atoms with Crippen molar-refractivity contribution < 1.29 is 44.2 Å². The van der Waals surface area contributed by atoms with Crippen molar-refractivity contribution in [3.8, 4) is 23.0 Å². The Hall–Kier alpha value is -5.70. The first kappa shape index (κ1) is 42.4. The van der Waals surface area contributed by atoms with Crippen LogP contribution in [0.25, 0.3) is 22.1 Å². The molecule has 2 atom stereocenters. The van der Waals surface area contributed by atoms with Crippen molar-refractivity contribution in [3.05, 3.63) is 107 Å². The molecule has 60 heavy (non-hydrogen) atoms. The van der Waals surface area contributed by atoms with Crippen LogP contribution < -0.4 is 18.9 Å². The monoisotopic (exact) mass is 892 g/mol. The van der Waals surface area contributed by atoms with E-state index in [4.69, 9.17) is 18.9 Å². The molecule has 2 unspecified atom stereocenters. The summed E-state index contributed by atoms with van der Waals surface area (Å²) in [5, 5.41) is -0.648. The van der Waals surface area contributed by atoms with E-state index in [2.05, 4.69) is 19.9 Å². The van der Waals surface area contributed by atoms with Gasteiger partial charge in [-0.05, 0) is 70.2 Å². The van der Waals surface area contributed by atoms with Gasteiger partial charge >= 0.3 is 0 Å². The molecule has 314 valence electrons. The Bertz CT molecular complexity index is 3130. The lowest BCUT2D eigenvalue weighted by Gasteiger charge is -2.15. The van der Waals surface area contributed by atoms with Crippen LogP contribution in [0.1, 0.15) is 33.6 Å². The van der Waals surface area contributed by atoms with E-state index in [1.165, 1.54) is 77.0 Å². The molecule has 0 saturated carbocycles. The normalized spacial score (nSPS) is 13.1. The van der Waals surface area contributed by atoms with Crippen molar-refractivity contribution in [2.24, 2.45) is 0 Å². The van der Waals surface area contributed by atoms with Gasteiger partial charge in [0.05, 0.1) is 105 Å². The van der Waals surface area contributed by atoms with Crippen molar-refractivity contribution in [2.45, 2.75) is 59.3 Å². The third-order valence-electron chi connectivity index (χ3n) is 9.91. The summed E-state index contributed by atoms with van der Waals surface area (Å²) in [5.74, 6) is 1.36. The fourth-order valence-electron chi connectivity index (χ4n) is 6.85. The maximum Gasteiger partial charge on any atom is 0.270 e. The third kappa shape index (κ3) is 7.41. The molecule has 0 N–H and O–H groups in total. The second kappa shape index (κ2) is 16.4. The van der Waals surface area contributed by atoms with Gasteiger partial charge in [-0.25, -0.2) is 34.7 Å². The first-order valence-electron chi connectivity index (χ1n) is 18.0. The molecule has 3 aromatic carbocycles. The Labute approximate surface area is 351 Å². The van der Waals surface area contributed by atoms with E-state index in [-0.39, 0.29) is 43.9 Å². The average molecular weight is 893 g/mol. The number of imidazole rings is 2. The van der Waals surface area contributed by atoms with Gasteiger partial charge in [0.25, 0.3) is 20.0 Å². The van der Waals surface area contributed by atoms with E-state index in [9.17, 15) is 25.3 Å². The summed E-state index contributed by atoms with van der Waals surface area (Å²) < 4.78 is 111. The lowest BCUT2D eigenvalue weighted by Crippen LogP contribution is -2.20. The number of pyridine rings is 2. The molecule has 7 aromatic rings. The summed E-state index contributed by atoms with van der Waals surface area (Å²) in [6.07, 6.45) is 3.15. The molecule has 0 aliphatic heterocycles. The van der Waals surface area contributed by atoms with Crippen molar-refractivity contribution in [1.29, 1.82) is 0 Å². The summed E-state index contributed by atoms with van der Waals surface area (Å²) in [6.45, 7) is 7.17. The number of nitrogens with zero attached hydrogens (tertiary/aromatic N) is 6. The second-order valence-electron chi connectivity index (χ2n) is 13.6. The quantitative estimate of drug-likeness (QED) is 0.132. The van der Waals surface area contributed by atoms with Crippen LogP contribution in [0.15, 0.2) is 93.2 Å². The minimum absolute atomic E-state index is 0.0426. The van der Waals surface area contributed by atoms with Crippen LogP contribution >= 0.6 is 0 Å². The van der Waals surface area contributed by atoms with Crippen molar-refractivity contribution >= 4 is 63.7 Å². The van der Waals surface area contributed by atoms with Crippen molar-refractivity contribution in [2.75, 3.05) is 28.4 Å². The Morgan fingerprint density at radius 2 is 1.03 bits per heavy atom. The minimum atomic E-state index is -4.76. The van der Waals surface area contributed by atoms with Crippen LogP contribution in [0.3, 0.4) is 0 Å². The molecule has 4 heterocycles. The highest BCUT2D eigenvalue weighted by atomic mass is 32.2. The molecule has 0 spiro atoms. The highest BCUT2D eigenvalue weighted by molar-refractivity contribution is 7.92. The van der Waals surface area contributed by atoms with Crippen LogP contribution in [0.5, 0.6) is 23.0 Å². The van der Waals surface area contributed by atoms with Gasteiger partial charge in [-0.2, -0.15) is 0 Å². The van der Waals surface area contributed by atoms with Crippen LogP contribution in [0.4, 0.5) is 0 Å². The average Bonchev–Trinajstić information content (AvgIpc) is 3.83. The van der Waals surface area contributed by atoms with E-state index in [0.29, 0.717) is 45.5 Å². The molecule has 7 rings (SSSR count). The third-order valence-corrected chi connectivity index (χ3v) is 16.0. The van der Waals surface area contributed by atoms with Gasteiger partial charge in [0, 0.05) is 46.8 Å². The summed E-state index contributed by atoms with van der Waals surface area (Å²) in [4.78, 5) is 17.0. The number of ether oxygens (including phenoxy) is 4. The number of hydrogen-bond acceptors (Lipinski definition) is 14. The summed E-state index contributed by atoms with van der Waals surface area (Å²) in [5.41, 5.74) is 4.08. The van der Waals surface area contributed by atoms with Gasteiger partial charge in [-0.3, -0.25) is 18.4 Å². The van der Waals surface area contributed by atoms with Gasteiger partial charge in [0.15, 0.2) is 0 Å². The zero-order valence-corrected chi connectivity index (χ0v) is 37.0. The number of aryl methyl sites for hydroxylation is 2. The lowest BCUT2D eigenvalue weighted by atomic mass is 10.1. The van der Waals surface area contributed by atoms with Crippen LogP contribution in [0, 0.1) is 27.7 Å². The van der Waals surface area contributed by atoms with E-state index in [0.717, 1.165) is 25.1 Å². The number of aromatic nitrogens is 6. The molecule has 0 saturated heterocycles. The van der Waals surface area contributed by atoms with E-state index in [1.54, 1.807) is 32.3 Å². The van der Waals surface area contributed by atoms with Gasteiger partial charge in [0.1, 0.15) is 23.0 Å². The first-order chi connectivity index (χ1) is 28.5. The molecule has 0 amide bonds. The van der Waals surface area contributed by atoms with Crippen LogP contribution in [-0.2, 0) is 53.2 Å². The predicted molar refractivity (Wildman–Crippen MR) is 225 cm³/mol. The lowest BCUT2D eigenvalue weighted by molar-refractivity contribution is 0.407. The molecular weight excluding hydrogens is 853 g/mol. The Morgan fingerprint density at radius 3 is 1.53 bits per heavy atom. The van der Waals surface area contributed by atoms with E-state index >= 15 is 0 Å². The summed E-state index contributed by atoms with van der Waals surface area (Å²) in [6, 6.07) is 13.8. The number of benzene rings is 3. The van der Waals surface area contributed by atoms with Gasteiger partial charge in [0.2, 0.25) is 10.3 Å². The molecule has 0 fully saturated rings. The fraction of sp³-hybridized carbons (Fsp3) is 0.250. The molecule has 0 aliphatic carbocycles. The standard InChI is InChI=1S/C40H40N6O10S4/c1-23-19-41-33(25(3)37(23)55-7)21-57(47)39-43-31-14-12-28(54-6)17-36(31)46(39)60(51,52)30-11-9-10-29(18-30)59(49,50)45-35-15-13-27(53-5)16-32(35)44-40(45)58(48)22-34-26(4)38(56-8)24(2)20-42-34/h9-20H,21-22H2,1-8H3. The smallest absolute Gasteiger partial charge is 0.270 e. The number of methoxy groups -OCH3 is 4. The molecular formula is C40H40N6O10S4. The summed E-state index contributed by atoms with van der Waals surface area (Å²) >= 11 is 0. The second-order valence-corrected chi connectivity index (χ2v) is 19.8. The van der Waals surface area contributed by atoms with Crippen LogP contribution in [0.2, 0.25) is 0 Å². The molecule has 4 aromatic heterocycles. The maximum atomic E-state index is 14.9. The topological polar surface area (TPSA) is 201 Å². The van der Waals surface area contributed by atoms with Crippen molar-refractivity contribution in [1.82, 2.24) is 27.9 Å². The Morgan fingerprint density at radius 1 is 0.567 bits per heavy atom. The fourth-order valence-corrected chi connectivity index (χ4v) is 13.1.